The van der Waals surface area contributed by atoms with Crippen LogP contribution in [0.25, 0.3) is 22.3 Å². The van der Waals surface area contributed by atoms with Gasteiger partial charge in [0.25, 0.3) is 0 Å². The van der Waals surface area contributed by atoms with Crippen LogP contribution in [0.3, 0.4) is 0 Å². The molecule has 2 aliphatic rings. The minimum Gasteiger partial charge on any atom is -0.337 e. The molecule has 2 N–H and O–H groups in total. The van der Waals surface area contributed by atoms with Gasteiger partial charge in [-0.1, -0.05) is 12.1 Å². The fourth-order valence-corrected chi connectivity index (χ4v) is 5.29. The zero-order valence-corrected chi connectivity index (χ0v) is 20.9. The summed E-state index contributed by atoms with van der Waals surface area (Å²) in [6.07, 6.45) is -0.968. The van der Waals surface area contributed by atoms with E-state index in [1.54, 1.807) is 12.1 Å². The number of amides is 2. The molecule has 4 heterocycles. The normalized spacial score (nSPS) is 16.3. The van der Waals surface area contributed by atoms with Crippen molar-refractivity contribution >= 4 is 28.3 Å². The van der Waals surface area contributed by atoms with E-state index in [9.17, 15) is 18.0 Å². The van der Waals surface area contributed by atoms with Gasteiger partial charge in [0, 0.05) is 56.9 Å². The van der Waals surface area contributed by atoms with E-state index in [1.807, 2.05) is 31.7 Å². The summed E-state index contributed by atoms with van der Waals surface area (Å²) in [6, 6.07) is 10.9. The molecule has 11 heteroatoms. The van der Waals surface area contributed by atoms with Crippen LogP contribution in [0.15, 0.2) is 55.0 Å². The number of urea groups is 1. The van der Waals surface area contributed by atoms with Gasteiger partial charge >= 0.3 is 12.2 Å². The summed E-state index contributed by atoms with van der Waals surface area (Å²) < 4.78 is 46.0. The van der Waals surface area contributed by atoms with Crippen LogP contribution >= 0.6 is 0 Å². The summed E-state index contributed by atoms with van der Waals surface area (Å²) in [7, 11) is 2.03. The summed E-state index contributed by atoms with van der Waals surface area (Å²) in [5, 5.41) is 6.11. The second kappa shape index (κ2) is 9.48. The molecule has 0 spiro atoms. The molecule has 0 unspecified atom stereocenters. The number of anilines is 2. The molecule has 8 nitrogen and oxygen atoms in total. The Morgan fingerprint density at radius 3 is 2.55 bits per heavy atom. The van der Waals surface area contributed by atoms with Gasteiger partial charge in [-0.3, -0.25) is 4.90 Å². The van der Waals surface area contributed by atoms with E-state index >= 15 is 0 Å². The van der Waals surface area contributed by atoms with Gasteiger partial charge in [-0.25, -0.2) is 9.78 Å². The minimum absolute atomic E-state index is 0.272. The highest BCUT2D eigenvalue weighted by atomic mass is 19.4. The van der Waals surface area contributed by atoms with Gasteiger partial charge in [0.1, 0.15) is 0 Å². The predicted molar refractivity (Wildman–Crippen MR) is 140 cm³/mol. The van der Waals surface area contributed by atoms with Crippen molar-refractivity contribution in [3.05, 3.63) is 66.1 Å². The molecule has 2 aliphatic heterocycles. The molecule has 6 rings (SSSR count). The molecule has 0 bridgehead atoms. The van der Waals surface area contributed by atoms with Crippen LogP contribution in [0.1, 0.15) is 11.1 Å². The Bertz CT molecular complexity index is 1500. The number of halogens is 3. The summed E-state index contributed by atoms with van der Waals surface area (Å²) >= 11 is 0. The van der Waals surface area contributed by atoms with E-state index in [-0.39, 0.29) is 5.69 Å². The highest BCUT2D eigenvalue weighted by Crippen LogP contribution is 2.36. The number of carbonyl (C=O) groups excluding carboxylic acids is 1. The Kier molecular flexibility index (Phi) is 6.11. The van der Waals surface area contributed by atoms with Crippen molar-refractivity contribution in [3.63, 3.8) is 0 Å². The van der Waals surface area contributed by atoms with E-state index in [0.29, 0.717) is 17.8 Å². The summed E-state index contributed by atoms with van der Waals surface area (Å²) in [6.45, 7) is 5.36. The smallest absolute Gasteiger partial charge is 0.337 e. The van der Waals surface area contributed by atoms with Gasteiger partial charge in [-0.2, -0.15) is 13.2 Å². The molecule has 0 saturated carbocycles. The molecule has 198 valence electrons. The zero-order valence-electron chi connectivity index (χ0n) is 20.9. The van der Waals surface area contributed by atoms with Crippen LogP contribution in [0.5, 0.6) is 0 Å². The average molecular weight is 524 g/mol. The first kappa shape index (κ1) is 24.5. The summed E-state index contributed by atoms with van der Waals surface area (Å²) in [5.41, 5.74) is 2.94. The van der Waals surface area contributed by atoms with Gasteiger partial charge in [0.05, 0.1) is 40.7 Å². The number of aromatic nitrogens is 3. The minimum atomic E-state index is -4.60. The molecular weight excluding hydrogens is 495 g/mol. The van der Waals surface area contributed by atoms with E-state index in [0.717, 1.165) is 67.6 Å². The van der Waals surface area contributed by atoms with Crippen LogP contribution in [0, 0.1) is 0 Å². The number of nitrogens with zero attached hydrogens (tertiary/aromatic N) is 5. The number of likely N-dealkylation sites (N-methyl/N-ethyl adjacent to an activating group) is 1. The lowest BCUT2D eigenvalue weighted by molar-refractivity contribution is -0.137. The number of carbonyl (C=O) groups is 1. The average Bonchev–Trinajstić information content (AvgIpc) is 3.50. The van der Waals surface area contributed by atoms with Crippen LogP contribution in [0.2, 0.25) is 0 Å². The number of fused-ring (bicyclic) bond motifs is 5. The molecule has 2 aromatic heterocycles. The number of benzene rings is 2. The van der Waals surface area contributed by atoms with E-state index in [2.05, 4.69) is 40.6 Å². The quantitative estimate of drug-likeness (QED) is 0.398. The third kappa shape index (κ3) is 4.74. The van der Waals surface area contributed by atoms with Gasteiger partial charge in [-0.05, 0) is 42.9 Å². The first-order valence-corrected chi connectivity index (χ1v) is 12.6. The first-order chi connectivity index (χ1) is 18.2. The van der Waals surface area contributed by atoms with Crippen LogP contribution in [0.4, 0.5) is 29.3 Å². The fraction of sp³-hybridized carbons (Fsp3) is 0.333. The highest BCUT2D eigenvalue weighted by molar-refractivity contribution is 6.01. The molecule has 1 saturated heterocycles. The van der Waals surface area contributed by atoms with E-state index < -0.39 is 17.8 Å². The number of nitrogens with one attached hydrogen (secondary N) is 2. The standard InChI is InChI=1S/C27H28F3N7O/c1-34-6-8-35(9-7-34)16-18-2-5-22(21(12-18)27(28,29)30)33-26(38)32-20-4-3-19-13-24-25-15-31-17-36(25)10-11-37(24)23(19)14-20/h2-5,12-15,17H,6-11,16H2,1H3,(H2,32,33,38). The number of imidazole rings is 1. The van der Waals surface area contributed by atoms with Crippen molar-refractivity contribution in [2.45, 2.75) is 25.8 Å². The topological polar surface area (TPSA) is 70.4 Å². The Morgan fingerprint density at radius 1 is 0.947 bits per heavy atom. The summed E-state index contributed by atoms with van der Waals surface area (Å²) in [4.78, 5) is 21.3. The maximum atomic E-state index is 13.9. The molecule has 1 fully saturated rings. The number of hydrogen-bond acceptors (Lipinski definition) is 4. The van der Waals surface area contributed by atoms with Crippen molar-refractivity contribution < 1.29 is 18.0 Å². The van der Waals surface area contributed by atoms with Gasteiger partial charge < -0.3 is 24.7 Å². The van der Waals surface area contributed by atoms with E-state index in [4.69, 9.17) is 0 Å². The van der Waals surface area contributed by atoms with Gasteiger partial charge in [0.2, 0.25) is 0 Å². The molecule has 2 aromatic carbocycles. The SMILES string of the molecule is CN1CCN(Cc2ccc(NC(=O)Nc3ccc4cc5n(c4c3)CCn3cncc3-5)c(C(F)(F)F)c2)CC1. The van der Waals surface area contributed by atoms with Crippen LogP contribution in [-0.4, -0.2) is 63.2 Å². The Labute approximate surface area is 217 Å². The zero-order chi connectivity index (χ0) is 26.4. The Morgan fingerprint density at radius 2 is 1.76 bits per heavy atom. The predicted octanol–water partition coefficient (Wildman–Crippen LogP) is 4.93. The fourth-order valence-electron chi connectivity index (χ4n) is 5.29. The molecule has 38 heavy (non-hydrogen) atoms. The van der Waals surface area contributed by atoms with Crippen molar-refractivity contribution in [2.24, 2.45) is 0 Å². The molecule has 0 atom stereocenters. The van der Waals surface area contributed by atoms with E-state index in [1.165, 1.54) is 6.07 Å². The summed E-state index contributed by atoms with van der Waals surface area (Å²) in [5.74, 6) is 0. The maximum absolute atomic E-state index is 13.9. The van der Waals surface area contributed by atoms with Crippen LogP contribution in [-0.2, 0) is 25.8 Å². The molecule has 4 aromatic rings. The number of piperazine rings is 1. The van der Waals surface area contributed by atoms with Gasteiger partial charge in [-0.15, -0.1) is 0 Å². The van der Waals surface area contributed by atoms with Crippen molar-refractivity contribution in [3.8, 4) is 11.4 Å². The number of aryl methyl sites for hydroxylation is 2. The Hall–Kier alpha value is -3.83. The molecule has 0 aliphatic carbocycles. The second-order valence-electron chi connectivity index (χ2n) is 9.96. The maximum Gasteiger partial charge on any atom is 0.418 e. The molecular formula is C27H28F3N7O. The van der Waals surface area contributed by atoms with Crippen molar-refractivity contribution in [1.29, 1.82) is 0 Å². The monoisotopic (exact) mass is 523 g/mol. The first-order valence-electron chi connectivity index (χ1n) is 12.6. The van der Waals surface area contributed by atoms with Gasteiger partial charge in [0.15, 0.2) is 0 Å². The largest absolute Gasteiger partial charge is 0.418 e. The Balaban J connectivity index is 1.19. The third-order valence-corrected chi connectivity index (χ3v) is 7.34. The number of rotatable bonds is 4. The lowest BCUT2D eigenvalue weighted by atomic mass is 10.1. The van der Waals surface area contributed by atoms with Crippen molar-refractivity contribution in [1.82, 2.24) is 23.9 Å². The second-order valence-corrected chi connectivity index (χ2v) is 9.96. The van der Waals surface area contributed by atoms with Crippen molar-refractivity contribution in [2.75, 3.05) is 43.9 Å². The lowest BCUT2D eigenvalue weighted by Gasteiger charge is -2.32. The number of hydrogen-bond donors (Lipinski definition) is 2. The molecule has 2 amide bonds. The lowest BCUT2D eigenvalue weighted by Crippen LogP contribution is -2.43. The van der Waals surface area contributed by atoms with Crippen LogP contribution < -0.4 is 10.6 Å². The molecule has 0 radical (unpaired) electrons. The third-order valence-electron chi connectivity index (χ3n) is 7.34. The number of alkyl halides is 3. The highest BCUT2D eigenvalue weighted by Gasteiger charge is 2.34.